The van der Waals surface area contributed by atoms with Gasteiger partial charge in [-0.25, -0.2) is 0 Å². The van der Waals surface area contributed by atoms with Gasteiger partial charge in [0.1, 0.15) is 0 Å². The van der Waals surface area contributed by atoms with Crippen molar-refractivity contribution in [3.63, 3.8) is 0 Å². The van der Waals surface area contributed by atoms with E-state index in [1.807, 2.05) is 55.4 Å². The van der Waals surface area contributed by atoms with E-state index in [4.69, 9.17) is 0 Å². The number of hydrogen-bond donors (Lipinski definition) is 0. The molecule has 4 aromatic carbocycles. The van der Waals surface area contributed by atoms with Crippen LogP contribution in [0.2, 0.25) is 0 Å². The summed E-state index contributed by atoms with van der Waals surface area (Å²) in [6, 6.07) is 26.1. The van der Waals surface area contributed by atoms with Gasteiger partial charge in [-0.1, -0.05) is 48.5 Å². The van der Waals surface area contributed by atoms with Crippen LogP contribution < -0.4 is 0 Å². The van der Waals surface area contributed by atoms with Crippen LogP contribution in [0.4, 0.5) is 0 Å². The van der Waals surface area contributed by atoms with Gasteiger partial charge in [-0.3, -0.25) is 15.0 Å². The second-order valence-corrected chi connectivity index (χ2v) is 9.01. The minimum atomic E-state index is 1.11. The fourth-order valence-electron chi connectivity index (χ4n) is 5.45. The van der Waals surface area contributed by atoms with Crippen LogP contribution >= 0.6 is 0 Å². The van der Waals surface area contributed by atoms with Crippen molar-refractivity contribution in [2.24, 2.45) is 0 Å². The molecule has 0 saturated heterocycles. The maximum atomic E-state index is 4.42. The fraction of sp³-hybridized carbons (Fsp3) is 0.0312. The fourth-order valence-corrected chi connectivity index (χ4v) is 5.45. The molecule has 0 spiro atoms. The summed E-state index contributed by atoms with van der Waals surface area (Å²) in [5.41, 5.74) is 8.20. The van der Waals surface area contributed by atoms with Gasteiger partial charge in [-0.05, 0) is 85.8 Å². The van der Waals surface area contributed by atoms with E-state index >= 15 is 0 Å². The minimum absolute atomic E-state index is 1.11. The van der Waals surface area contributed by atoms with Crippen LogP contribution in [0.1, 0.15) is 5.56 Å². The number of rotatable bonds is 3. The molecular formula is C32H21N3. The van der Waals surface area contributed by atoms with Crippen LogP contribution in [-0.4, -0.2) is 15.0 Å². The Hall–Kier alpha value is -4.63. The number of hydrogen-bond acceptors (Lipinski definition) is 3. The molecule has 0 aliphatic heterocycles. The number of nitrogens with zero attached hydrogens (tertiary/aromatic N) is 3. The van der Waals surface area contributed by atoms with Gasteiger partial charge in [-0.15, -0.1) is 0 Å². The first-order valence-electron chi connectivity index (χ1n) is 11.8. The van der Waals surface area contributed by atoms with E-state index in [-0.39, 0.29) is 0 Å². The summed E-state index contributed by atoms with van der Waals surface area (Å²) in [4.78, 5) is 13.2. The van der Waals surface area contributed by atoms with Crippen molar-refractivity contribution in [3.8, 4) is 33.4 Å². The molecule has 0 unspecified atom stereocenters. The molecule has 0 N–H and O–H groups in total. The van der Waals surface area contributed by atoms with Crippen molar-refractivity contribution in [1.29, 1.82) is 0 Å². The van der Waals surface area contributed by atoms with E-state index in [0.717, 1.165) is 16.7 Å². The molecule has 3 nitrogen and oxygen atoms in total. The smallest absolute Gasteiger partial charge is 0.0346 e. The average molecular weight is 448 g/mol. The van der Waals surface area contributed by atoms with Crippen molar-refractivity contribution < 1.29 is 0 Å². The molecule has 0 amide bonds. The molecule has 7 rings (SSSR count). The van der Waals surface area contributed by atoms with Gasteiger partial charge in [0.15, 0.2) is 0 Å². The van der Waals surface area contributed by atoms with E-state index in [0.29, 0.717) is 0 Å². The monoisotopic (exact) mass is 447 g/mol. The summed E-state index contributed by atoms with van der Waals surface area (Å²) in [5, 5.41) is 7.59. The third-order valence-electron chi connectivity index (χ3n) is 7.02. The average Bonchev–Trinajstić information content (AvgIpc) is 2.93. The standard InChI is InChI=1S/C32H21N3/c1-20-15-28(21-5-2-12-33-17-21)25-10-11-27-30(23-7-4-14-35-19-23)16-29(22-6-3-13-34-18-22)26-9-8-24(20)31(25)32(26)27/h2-19H,1H3. The zero-order valence-electron chi connectivity index (χ0n) is 19.2. The second kappa shape index (κ2) is 7.71. The van der Waals surface area contributed by atoms with Crippen molar-refractivity contribution in [3.05, 3.63) is 116 Å². The predicted octanol–water partition coefficient (Wildman–Crippen LogP) is 8.08. The Morgan fingerprint density at radius 1 is 0.457 bits per heavy atom. The summed E-state index contributed by atoms with van der Waals surface area (Å²) in [5.74, 6) is 0. The van der Waals surface area contributed by atoms with Crippen LogP contribution in [0.3, 0.4) is 0 Å². The molecule has 0 fully saturated rings. The quantitative estimate of drug-likeness (QED) is 0.257. The van der Waals surface area contributed by atoms with Crippen molar-refractivity contribution in [1.82, 2.24) is 15.0 Å². The molecule has 164 valence electrons. The second-order valence-electron chi connectivity index (χ2n) is 9.01. The Labute approximate surface area is 203 Å². The van der Waals surface area contributed by atoms with Crippen molar-refractivity contribution in [2.75, 3.05) is 0 Å². The summed E-state index contributed by atoms with van der Waals surface area (Å²) >= 11 is 0. The highest BCUT2D eigenvalue weighted by Crippen LogP contribution is 2.46. The lowest BCUT2D eigenvalue weighted by Crippen LogP contribution is -1.94. The Morgan fingerprint density at radius 3 is 1.29 bits per heavy atom. The first-order chi connectivity index (χ1) is 17.3. The van der Waals surface area contributed by atoms with E-state index in [1.54, 1.807) is 0 Å². The van der Waals surface area contributed by atoms with Crippen LogP contribution in [-0.2, 0) is 0 Å². The first kappa shape index (κ1) is 19.8. The van der Waals surface area contributed by atoms with Gasteiger partial charge < -0.3 is 0 Å². The zero-order chi connectivity index (χ0) is 23.4. The normalized spacial score (nSPS) is 11.6. The van der Waals surface area contributed by atoms with E-state index in [9.17, 15) is 0 Å². The maximum Gasteiger partial charge on any atom is 0.0346 e. The zero-order valence-corrected chi connectivity index (χ0v) is 19.2. The Kier molecular flexibility index (Phi) is 4.36. The molecule has 3 aromatic heterocycles. The van der Waals surface area contributed by atoms with Crippen LogP contribution in [0.25, 0.3) is 65.7 Å². The van der Waals surface area contributed by atoms with Gasteiger partial charge in [0.2, 0.25) is 0 Å². The lowest BCUT2D eigenvalue weighted by molar-refractivity contribution is 1.33. The van der Waals surface area contributed by atoms with Gasteiger partial charge in [-0.2, -0.15) is 0 Å². The highest BCUT2D eigenvalue weighted by Gasteiger charge is 2.19. The minimum Gasteiger partial charge on any atom is -0.264 e. The van der Waals surface area contributed by atoms with E-state index in [2.05, 4.69) is 76.5 Å². The van der Waals surface area contributed by atoms with Crippen molar-refractivity contribution >= 4 is 32.3 Å². The topological polar surface area (TPSA) is 38.7 Å². The summed E-state index contributed by atoms with van der Waals surface area (Å²) in [6.45, 7) is 2.20. The highest BCUT2D eigenvalue weighted by atomic mass is 14.6. The van der Waals surface area contributed by atoms with Gasteiger partial charge in [0.25, 0.3) is 0 Å². The lowest BCUT2D eigenvalue weighted by Gasteiger charge is -2.20. The summed E-state index contributed by atoms with van der Waals surface area (Å²) < 4.78 is 0. The molecule has 0 bridgehead atoms. The molecule has 7 aromatic rings. The molecule has 0 aliphatic carbocycles. The molecule has 0 atom stereocenters. The van der Waals surface area contributed by atoms with Gasteiger partial charge in [0, 0.05) is 53.9 Å². The Balaban J connectivity index is 1.70. The third-order valence-corrected chi connectivity index (χ3v) is 7.02. The molecule has 0 aliphatic rings. The third kappa shape index (κ3) is 3.02. The molecule has 3 heterocycles. The van der Waals surface area contributed by atoms with E-state index in [1.165, 1.54) is 54.6 Å². The van der Waals surface area contributed by atoms with Gasteiger partial charge in [0.05, 0.1) is 0 Å². The van der Waals surface area contributed by atoms with Crippen molar-refractivity contribution in [2.45, 2.75) is 6.92 Å². The molecule has 0 radical (unpaired) electrons. The number of aromatic nitrogens is 3. The Morgan fingerprint density at radius 2 is 0.857 bits per heavy atom. The summed E-state index contributed by atoms with van der Waals surface area (Å²) in [7, 11) is 0. The SMILES string of the molecule is Cc1cc(-c2cccnc2)c2ccc3c(-c4cccnc4)cc(-c4cccnc4)c4ccc1c2c43. The van der Waals surface area contributed by atoms with Crippen LogP contribution in [0, 0.1) is 6.92 Å². The summed E-state index contributed by atoms with van der Waals surface area (Å²) in [6.07, 6.45) is 11.3. The predicted molar refractivity (Wildman–Crippen MR) is 145 cm³/mol. The number of pyridine rings is 3. The molecular weight excluding hydrogens is 426 g/mol. The Bertz CT molecular complexity index is 1770. The first-order valence-corrected chi connectivity index (χ1v) is 11.8. The molecule has 0 saturated carbocycles. The van der Waals surface area contributed by atoms with Crippen LogP contribution in [0.15, 0.2) is 110 Å². The molecule has 3 heteroatoms. The van der Waals surface area contributed by atoms with E-state index < -0.39 is 0 Å². The van der Waals surface area contributed by atoms with Gasteiger partial charge >= 0.3 is 0 Å². The number of aryl methyl sites for hydroxylation is 1. The largest absolute Gasteiger partial charge is 0.264 e. The highest BCUT2D eigenvalue weighted by molar-refractivity contribution is 6.30. The molecule has 35 heavy (non-hydrogen) atoms. The number of benzene rings is 4. The van der Waals surface area contributed by atoms with Crippen LogP contribution in [0.5, 0.6) is 0 Å². The maximum absolute atomic E-state index is 4.42. The lowest BCUT2D eigenvalue weighted by atomic mass is 9.83.